The number of hydrogen-bond donors (Lipinski definition) is 0. The molecule has 0 amide bonds. The molecule has 0 saturated heterocycles. The van der Waals surface area contributed by atoms with Crippen LogP contribution in [-0.4, -0.2) is 24.5 Å². The minimum atomic E-state index is -4.58. The van der Waals surface area contributed by atoms with Gasteiger partial charge in [0, 0.05) is 18.6 Å². The first-order valence-electron chi connectivity index (χ1n) is 7.79. The Kier molecular flexibility index (Phi) is 4.15. The van der Waals surface area contributed by atoms with Crippen molar-refractivity contribution in [2.24, 2.45) is 0 Å². The van der Waals surface area contributed by atoms with Crippen LogP contribution in [0.25, 0.3) is 28.6 Å². The molecule has 0 aliphatic rings. The summed E-state index contributed by atoms with van der Waals surface area (Å²) in [6, 6.07) is 4.19. The third kappa shape index (κ3) is 3.11. The minimum Gasteiger partial charge on any atom is -0.333 e. The molecule has 4 heterocycles. The molecule has 0 aliphatic heterocycles. The van der Waals surface area contributed by atoms with Gasteiger partial charge in [-0.1, -0.05) is 16.8 Å². The van der Waals surface area contributed by atoms with Crippen molar-refractivity contribution in [1.82, 2.24) is 24.5 Å². The van der Waals surface area contributed by atoms with Crippen LogP contribution in [0, 0.1) is 6.92 Å². The first kappa shape index (κ1) is 18.1. The summed E-state index contributed by atoms with van der Waals surface area (Å²) in [5.41, 5.74) is -0.134. The van der Waals surface area contributed by atoms with Gasteiger partial charge in [0.05, 0.1) is 10.6 Å². The number of pyridine rings is 2. The molecule has 0 saturated carbocycles. The Labute approximate surface area is 159 Å². The van der Waals surface area contributed by atoms with Gasteiger partial charge in [-0.15, -0.1) is 0 Å². The Balaban J connectivity index is 1.76. The molecule has 0 spiro atoms. The number of alkyl halides is 3. The number of nitrogens with zero attached hydrogens (tertiary/aromatic N) is 5. The third-order valence-corrected chi connectivity index (χ3v) is 4.19. The average Bonchev–Trinajstić information content (AvgIpc) is 3.10. The van der Waals surface area contributed by atoms with Crippen LogP contribution in [0.4, 0.5) is 13.2 Å². The van der Waals surface area contributed by atoms with E-state index >= 15 is 0 Å². The lowest BCUT2D eigenvalue weighted by atomic mass is 10.2. The molecule has 4 rings (SSSR count). The average molecular weight is 408 g/mol. The normalized spacial score (nSPS) is 11.9. The van der Waals surface area contributed by atoms with Crippen molar-refractivity contribution < 1.29 is 17.7 Å². The van der Waals surface area contributed by atoms with Crippen LogP contribution in [0.15, 0.2) is 46.1 Å². The summed E-state index contributed by atoms with van der Waals surface area (Å²) < 4.78 is 44.6. The number of fused-ring (bicyclic) bond motifs is 1. The number of aromatic nitrogens is 5. The van der Waals surface area contributed by atoms with Gasteiger partial charge in [-0.05, 0) is 30.7 Å². The van der Waals surface area contributed by atoms with Crippen LogP contribution in [0.5, 0.6) is 0 Å². The summed E-state index contributed by atoms with van der Waals surface area (Å²) >= 11 is 5.89. The van der Waals surface area contributed by atoms with E-state index < -0.39 is 17.3 Å². The molecule has 0 N–H and O–H groups in total. The molecule has 0 radical (unpaired) electrons. The number of halogens is 4. The second-order valence-corrected chi connectivity index (χ2v) is 6.29. The molecule has 0 aliphatic carbocycles. The lowest BCUT2D eigenvalue weighted by Crippen LogP contribution is -2.16. The molecular weight excluding hydrogens is 399 g/mol. The summed E-state index contributed by atoms with van der Waals surface area (Å²) in [7, 11) is 0. The van der Waals surface area contributed by atoms with E-state index in [2.05, 4.69) is 20.1 Å². The Hall–Kier alpha value is -3.27. The van der Waals surface area contributed by atoms with Crippen molar-refractivity contribution in [3.05, 3.63) is 63.3 Å². The SMILES string of the molecule is Cc1ccn2c(=O)c(-c3nc(-c4ncc(C(F)(F)F)cc4Cl)no3)cnc2c1. The van der Waals surface area contributed by atoms with Crippen molar-refractivity contribution in [1.29, 1.82) is 0 Å². The first-order valence-corrected chi connectivity index (χ1v) is 8.17. The molecule has 4 aromatic heterocycles. The van der Waals surface area contributed by atoms with Gasteiger partial charge in [-0.3, -0.25) is 14.2 Å². The molecule has 0 aromatic carbocycles. The fourth-order valence-electron chi connectivity index (χ4n) is 2.51. The van der Waals surface area contributed by atoms with Crippen LogP contribution in [0.1, 0.15) is 11.1 Å². The van der Waals surface area contributed by atoms with E-state index in [1.54, 1.807) is 18.3 Å². The first-order chi connectivity index (χ1) is 13.2. The van der Waals surface area contributed by atoms with E-state index in [9.17, 15) is 18.0 Å². The van der Waals surface area contributed by atoms with Gasteiger partial charge in [0.15, 0.2) is 0 Å². The standard InChI is InChI=1S/C17H9ClF3N5O2/c1-8-2-3-26-12(4-8)22-7-10(16(26)27)15-24-14(25-28-15)13-11(18)5-9(6-23-13)17(19,20)21/h2-7H,1H3. The molecule has 0 bridgehead atoms. The highest BCUT2D eigenvalue weighted by Gasteiger charge is 2.32. The minimum absolute atomic E-state index is 0.0307. The zero-order chi connectivity index (χ0) is 20.1. The summed E-state index contributed by atoms with van der Waals surface area (Å²) in [6.07, 6.45) is -1.11. The predicted molar refractivity (Wildman–Crippen MR) is 92.7 cm³/mol. The zero-order valence-electron chi connectivity index (χ0n) is 14.0. The highest BCUT2D eigenvalue weighted by Crippen LogP contribution is 2.33. The topological polar surface area (TPSA) is 86.2 Å². The number of hydrogen-bond acceptors (Lipinski definition) is 6. The van der Waals surface area contributed by atoms with Crippen LogP contribution < -0.4 is 5.56 Å². The predicted octanol–water partition coefficient (Wildman–Crippen LogP) is 3.79. The van der Waals surface area contributed by atoms with Gasteiger partial charge in [-0.25, -0.2) is 4.98 Å². The van der Waals surface area contributed by atoms with Crippen LogP contribution >= 0.6 is 11.6 Å². The molecule has 142 valence electrons. The molecule has 0 atom stereocenters. The molecule has 28 heavy (non-hydrogen) atoms. The molecule has 0 unspecified atom stereocenters. The maximum absolute atomic E-state index is 12.7. The van der Waals surface area contributed by atoms with Gasteiger partial charge in [-0.2, -0.15) is 18.2 Å². The van der Waals surface area contributed by atoms with Crippen molar-refractivity contribution in [3.8, 4) is 23.0 Å². The smallest absolute Gasteiger partial charge is 0.333 e. The highest BCUT2D eigenvalue weighted by atomic mass is 35.5. The molecule has 7 nitrogen and oxygen atoms in total. The van der Waals surface area contributed by atoms with Gasteiger partial charge in [0.1, 0.15) is 16.9 Å². The number of rotatable bonds is 2. The van der Waals surface area contributed by atoms with Gasteiger partial charge in [0.2, 0.25) is 5.82 Å². The van der Waals surface area contributed by atoms with Gasteiger partial charge >= 0.3 is 6.18 Å². The third-order valence-electron chi connectivity index (χ3n) is 3.90. The molecule has 0 fully saturated rings. The molecular formula is C17H9ClF3N5O2. The quantitative estimate of drug-likeness (QED) is 0.502. The maximum Gasteiger partial charge on any atom is 0.417 e. The zero-order valence-corrected chi connectivity index (χ0v) is 14.8. The van der Waals surface area contributed by atoms with Crippen molar-refractivity contribution in [3.63, 3.8) is 0 Å². The maximum atomic E-state index is 12.7. The Morgan fingerprint density at radius 1 is 1.18 bits per heavy atom. The van der Waals surface area contributed by atoms with E-state index in [-0.39, 0.29) is 28.0 Å². The molecule has 11 heteroatoms. The Morgan fingerprint density at radius 3 is 2.68 bits per heavy atom. The summed E-state index contributed by atoms with van der Waals surface area (Å²) in [5.74, 6) is -0.303. The van der Waals surface area contributed by atoms with Crippen molar-refractivity contribution in [2.75, 3.05) is 0 Å². The fourth-order valence-corrected chi connectivity index (χ4v) is 2.76. The van der Waals surface area contributed by atoms with Crippen molar-refractivity contribution >= 4 is 17.2 Å². The Morgan fingerprint density at radius 2 is 1.96 bits per heavy atom. The largest absolute Gasteiger partial charge is 0.417 e. The van der Waals surface area contributed by atoms with Gasteiger partial charge in [0.25, 0.3) is 11.4 Å². The summed E-state index contributed by atoms with van der Waals surface area (Å²) in [5, 5.41) is 3.36. The lowest BCUT2D eigenvalue weighted by molar-refractivity contribution is -0.137. The van der Waals surface area contributed by atoms with Crippen LogP contribution in [0.3, 0.4) is 0 Å². The number of aryl methyl sites for hydroxylation is 1. The highest BCUT2D eigenvalue weighted by molar-refractivity contribution is 6.32. The second kappa shape index (κ2) is 6.41. The van der Waals surface area contributed by atoms with Gasteiger partial charge < -0.3 is 4.52 Å². The van der Waals surface area contributed by atoms with E-state index in [1.165, 1.54) is 10.6 Å². The van der Waals surface area contributed by atoms with E-state index in [0.29, 0.717) is 17.9 Å². The fraction of sp³-hybridized carbons (Fsp3) is 0.118. The van der Waals surface area contributed by atoms with Crippen LogP contribution in [-0.2, 0) is 6.18 Å². The van der Waals surface area contributed by atoms with E-state index in [1.807, 2.05) is 6.92 Å². The van der Waals surface area contributed by atoms with Crippen LogP contribution in [0.2, 0.25) is 5.02 Å². The van der Waals surface area contributed by atoms with Crippen molar-refractivity contribution in [2.45, 2.75) is 13.1 Å². The van der Waals surface area contributed by atoms with E-state index in [0.717, 1.165) is 5.56 Å². The monoisotopic (exact) mass is 407 g/mol. The van der Waals surface area contributed by atoms with E-state index in [4.69, 9.17) is 16.1 Å². The summed E-state index contributed by atoms with van der Waals surface area (Å²) in [6.45, 7) is 1.87. The lowest BCUT2D eigenvalue weighted by Gasteiger charge is -2.07. The Bertz CT molecular complexity index is 1270. The second-order valence-electron chi connectivity index (χ2n) is 5.88. The molecule has 4 aromatic rings. The summed E-state index contributed by atoms with van der Waals surface area (Å²) in [4.78, 5) is 24.5.